The molecule has 3 aromatic rings. The van der Waals surface area contributed by atoms with Crippen molar-refractivity contribution in [2.45, 2.75) is 25.7 Å². The van der Waals surface area contributed by atoms with Gasteiger partial charge in [0.15, 0.2) is 0 Å². The van der Waals surface area contributed by atoms with Gasteiger partial charge in [0.2, 0.25) is 5.95 Å². The van der Waals surface area contributed by atoms with Crippen LogP contribution in [-0.2, 0) is 0 Å². The molecule has 4 heterocycles. The molecule has 5 nitrogen and oxygen atoms in total. The molecule has 22 heavy (non-hydrogen) atoms. The molecule has 0 radical (unpaired) electrons. The highest BCUT2D eigenvalue weighted by molar-refractivity contribution is 5.42. The van der Waals surface area contributed by atoms with Gasteiger partial charge in [-0.2, -0.15) is 0 Å². The summed E-state index contributed by atoms with van der Waals surface area (Å²) < 4.78 is 2.24. The molecule has 0 aromatic carbocycles. The number of pyridine rings is 1. The van der Waals surface area contributed by atoms with E-state index in [-0.39, 0.29) is 0 Å². The van der Waals surface area contributed by atoms with E-state index in [0.717, 1.165) is 43.2 Å². The number of fused-ring (bicyclic) bond motifs is 1. The molecule has 0 N–H and O–H groups in total. The molecule has 0 saturated carbocycles. The molecule has 1 aliphatic rings. The fourth-order valence-corrected chi connectivity index (χ4v) is 3.32. The molecule has 1 fully saturated rings. The van der Waals surface area contributed by atoms with E-state index in [4.69, 9.17) is 0 Å². The highest BCUT2D eigenvalue weighted by Gasteiger charge is 2.23. The summed E-state index contributed by atoms with van der Waals surface area (Å²) in [7, 11) is 0. The summed E-state index contributed by atoms with van der Waals surface area (Å²) in [5.41, 5.74) is 3.48. The molecule has 5 heteroatoms. The minimum Gasteiger partial charge on any atom is -0.341 e. The van der Waals surface area contributed by atoms with E-state index in [9.17, 15) is 0 Å². The maximum Gasteiger partial charge on any atom is 0.225 e. The van der Waals surface area contributed by atoms with Crippen LogP contribution in [0.2, 0.25) is 0 Å². The molecule has 0 amide bonds. The maximum atomic E-state index is 4.56. The fraction of sp³-hybridized carbons (Fsp3) is 0.353. The standard InChI is InChI=1S/C17H19N5/c1-13-12-22-15(4-2-5-16(22)20-13)14-6-10-21(11-7-14)17-18-8-3-9-19-17/h2-5,8-9,12,14H,6-7,10-11H2,1H3. The predicted molar refractivity (Wildman–Crippen MR) is 86.1 cm³/mol. The van der Waals surface area contributed by atoms with Gasteiger partial charge < -0.3 is 9.30 Å². The quantitative estimate of drug-likeness (QED) is 0.729. The minimum atomic E-state index is 0.567. The summed E-state index contributed by atoms with van der Waals surface area (Å²) in [6.07, 6.45) is 7.99. The van der Waals surface area contributed by atoms with E-state index in [2.05, 4.69) is 48.6 Å². The van der Waals surface area contributed by atoms with E-state index in [0.29, 0.717) is 5.92 Å². The van der Waals surface area contributed by atoms with Crippen LogP contribution in [0.15, 0.2) is 42.9 Å². The molecule has 0 aliphatic carbocycles. The molecule has 0 bridgehead atoms. The molecular formula is C17H19N5. The van der Waals surface area contributed by atoms with Crippen molar-refractivity contribution in [1.29, 1.82) is 0 Å². The zero-order valence-electron chi connectivity index (χ0n) is 12.7. The number of piperidine rings is 1. The predicted octanol–water partition coefficient (Wildman–Crippen LogP) is 2.82. The van der Waals surface area contributed by atoms with Gasteiger partial charge in [0.05, 0.1) is 5.69 Å². The summed E-state index contributed by atoms with van der Waals surface area (Å²) in [5.74, 6) is 1.41. The van der Waals surface area contributed by atoms with Crippen LogP contribution in [0, 0.1) is 6.92 Å². The van der Waals surface area contributed by atoms with Gasteiger partial charge >= 0.3 is 0 Å². The number of anilines is 1. The van der Waals surface area contributed by atoms with E-state index >= 15 is 0 Å². The van der Waals surface area contributed by atoms with Gasteiger partial charge in [-0.1, -0.05) is 6.07 Å². The van der Waals surface area contributed by atoms with Crippen LogP contribution in [0.5, 0.6) is 0 Å². The summed E-state index contributed by atoms with van der Waals surface area (Å²) in [6.45, 7) is 4.05. The average molecular weight is 293 g/mol. The Kier molecular flexibility index (Phi) is 3.25. The zero-order chi connectivity index (χ0) is 14.9. The van der Waals surface area contributed by atoms with Crippen LogP contribution in [0.3, 0.4) is 0 Å². The monoisotopic (exact) mass is 293 g/mol. The number of hydrogen-bond acceptors (Lipinski definition) is 4. The molecule has 1 aliphatic heterocycles. The first-order valence-electron chi connectivity index (χ1n) is 7.78. The third kappa shape index (κ3) is 2.32. The van der Waals surface area contributed by atoms with E-state index in [1.165, 1.54) is 5.69 Å². The number of rotatable bonds is 2. The Balaban J connectivity index is 1.56. The minimum absolute atomic E-state index is 0.567. The summed E-state index contributed by atoms with van der Waals surface area (Å²) in [6, 6.07) is 8.28. The van der Waals surface area contributed by atoms with E-state index in [1.807, 2.05) is 25.4 Å². The van der Waals surface area contributed by atoms with Crippen LogP contribution < -0.4 is 4.90 Å². The highest BCUT2D eigenvalue weighted by Crippen LogP contribution is 2.29. The van der Waals surface area contributed by atoms with Gasteiger partial charge in [-0.15, -0.1) is 0 Å². The lowest BCUT2D eigenvalue weighted by atomic mass is 9.93. The van der Waals surface area contributed by atoms with Crippen molar-refractivity contribution >= 4 is 11.6 Å². The smallest absolute Gasteiger partial charge is 0.225 e. The van der Waals surface area contributed by atoms with Gasteiger partial charge in [0.1, 0.15) is 5.65 Å². The lowest BCUT2D eigenvalue weighted by molar-refractivity contribution is 0.487. The Hall–Kier alpha value is -2.43. The Labute approximate surface area is 129 Å². The van der Waals surface area contributed by atoms with Crippen LogP contribution in [0.1, 0.15) is 30.1 Å². The Bertz CT molecular complexity index is 772. The first kappa shape index (κ1) is 13.2. The number of imidazole rings is 1. The van der Waals surface area contributed by atoms with Crippen LogP contribution in [0.4, 0.5) is 5.95 Å². The molecular weight excluding hydrogens is 274 g/mol. The van der Waals surface area contributed by atoms with Gasteiger partial charge in [-0.05, 0) is 38.0 Å². The lowest BCUT2D eigenvalue weighted by Gasteiger charge is -2.32. The number of aryl methyl sites for hydroxylation is 1. The average Bonchev–Trinajstić information content (AvgIpc) is 2.96. The highest BCUT2D eigenvalue weighted by atomic mass is 15.2. The molecule has 0 unspecified atom stereocenters. The summed E-state index contributed by atoms with van der Waals surface area (Å²) >= 11 is 0. The number of nitrogens with zero attached hydrogens (tertiary/aromatic N) is 5. The summed E-state index contributed by atoms with van der Waals surface area (Å²) in [5, 5.41) is 0. The van der Waals surface area contributed by atoms with Crippen molar-refractivity contribution in [3.63, 3.8) is 0 Å². The van der Waals surface area contributed by atoms with Crippen molar-refractivity contribution in [2.24, 2.45) is 0 Å². The van der Waals surface area contributed by atoms with Gasteiger partial charge in [0, 0.05) is 43.3 Å². The molecule has 4 rings (SSSR count). The van der Waals surface area contributed by atoms with E-state index in [1.54, 1.807) is 0 Å². The second-order valence-corrected chi connectivity index (χ2v) is 5.87. The Morgan fingerprint density at radius 3 is 2.59 bits per heavy atom. The van der Waals surface area contributed by atoms with Crippen LogP contribution >= 0.6 is 0 Å². The van der Waals surface area contributed by atoms with E-state index < -0.39 is 0 Å². The SMILES string of the molecule is Cc1cn2c(C3CCN(c4ncccn4)CC3)cccc2n1. The van der Waals surface area contributed by atoms with Gasteiger partial charge in [-0.25, -0.2) is 15.0 Å². The number of hydrogen-bond donors (Lipinski definition) is 0. The second-order valence-electron chi connectivity index (χ2n) is 5.87. The maximum absolute atomic E-state index is 4.56. The van der Waals surface area contributed by atoms with Crippen molar-refractivity contribution in [2.75, 3.05) is 18.0 Å². The van der Waals surface area contributed by atoms with Crippen LogP contribution in [-0.4, -0.2) is 32.4 Å². The van der Waals surface area contributed by atoms with Gasteiger partial charge in [0.25, 0.3) is 0 Å². The normalized spacial score (nSPS) is 16.3. The Morgan fingerprint density at radius 1 is 1.05 bits per heavy atom. The van der Waals surface area contributed by atoms with Crippen molar-refractivity contribution in [3.05, 3.63) is 54.2 Å². The zero-order valence-corrected chi connectivity index (χ0v) is 12.7. The largest absolute Gasteiger partial charge is 0.341 e. The molecule has 112 valence electrons. The lowest BCUT2D eigenvalue weighted by Crippen LogP contribution is -2.34. The topological polar surface area (TPSA) is 46.3 Å². The Morgan fingerprint density at radius 2 is 1.82 bits per heavy atom. The summed E-state index contributed by atoms with van der Waals surface area (Å²) in [4.78, 5) is 15.5. The third-order valence-electron chi connectivity index (χ3n) is 4.39. The molecule has 0 atom stereocenters. The number of aromatic nitrogens is 4. The third-order valence-corrected chi connectivity index (χ3v) is 4.39. The van der Waals surface area contributed by atoms with Gasteiger partial charge in [-0.3, -0.25) is 0 Å². The molecule has 1 saturated heterocycles. The fourth-order valence-electron chi connectivity index (χ4n) is 3.32. The van der Waals surface area contributed by atoms with Crippen molar-refractivity contribution in [3.8, 4) is 0 Å². The molecule has 3 aromatic heterocycles. The molecule has 0 spiro atoms. The van der Waals surface area contributed by atoms with Crippen LogP contribution in [0.25, 0.3) is 5.65 Å². The second kappa shape index (κ2) is 5.40. The van der Waals surface area contributed by atoms with Crippen molar-refractivity contribution in [1.82, 2.24) is 19.4 Å². The first-order valence-corrected chi connectivity index (χ1v) is 7.78. The first-order chi connectivity index (χ1) is 10.8. The van der Waals surface area contributed by atoms with Crippen molar-refractivity contribution < 1.29 is 0 Å².